The third-order valence-corrected chi connectivity index (χ3v) is 4.15. The molecule has 0 amide bonds. The van der Waals surface area contributed by atoms with Crippen molar-refractivity contribution in [3.05, 3.63) is 23.8 Å². The van der Waals surface area contributed by atoms with Crippen molar-refractivity contribution in [3.63, 3.8) is 0 Å². The lowest BCUT2D eigenvalue weighted by Crippen LogP contribution is -2.07. The van der Waals surface area contributed by atoms with E-state index in [2.05, 4.69) is 32.9 Å². The molecule has 1 aromatic carbocycles. The lowest BCUT2D eigenvalue weighted by molar-refractivity contribution is 0.237. The van der Waals surface area contributed by atoms with Crippen LogP contribution in [0.2, 0.25) is 0 Å². The molecule has 0 saturated heterocycles. The summed E-state index contributed by atoms with van der Waals surface area (Å²) in [4.78, 5) is 1.25. The van der Waals surface area contributed by atoms with Gasteiger partial charge >= 0.3 is 0 Å². The largest absolute Gasteiger partial charge is 0.493 e. The normalized spacial score (nSPS) is 12.4. The lowest BCUT2D eigenvalue weighted by Gasteiger charge is -2.12. The number of thioether (sulfide) groups is 1. The van der Waals surface area contributed by atoms with E-state index in [9.17, 15) is 0 Å². The maximum atomic E-state index is 9.17. The van der Waals surface area contributed by atoms with Crippen molar-refractivity contribution in [2.24, 2.45) is 5.92 Å². The number of rotatable bonds is 8. The smallest absolute Gasteiger partial charge is 0.122 e. The number of benzene rings is 1. The molecule has 1 aromatic rings. The van der Waals surface area contributed by atoms with E-state index < -0.39 is 0 Å². The fourth-order valence-electron chi connectivity index (χ4n) is 1.60. The lowest BCUT2D eigenvalue weighted by atomic mass is 10.1. The van der Waals surface area contributed by atoms with Crippen molar-refractivity contribution in [1.29, 1.82) is 0 Å². The molecule has 0 bridgehead atoms. The second-order valence-electron chi connectivity index (χ2n) is 4.54. The molecule has 0 radical (unpaired) electrons. The van der Waals surface area contributed by atoms with Crippen LogP contribution in [-0.4, -0.2) is 24.1 Å². The summed E-state index contributed by atoms with van der Waals surface area (Å²) in [5.41, 5.74) is 1.19. The fourth-order valence-corrected chi connectivity index (χ4v) is 2.79. The zero-order valence-corrected chi connectivity index (χ0v) is 12.4. The first kappa shape index (κ1) is 15.4. The molecule has 0 aliphatic carbocycles. The van der Waals surface area contributed by atoms with E-state index in [-0.39, 0.29) is 6.61 Å². The molecule has 1 atom stereocenters. The van der Waals surface area contributed by atoms with Crippen molar-refractivity contribution < 1.29 is 9.84 Å². The summed E-state index contributed by atoms with van der Waals surface area (Å²) in [6.07, 6.45) is 2.06. The molecule has 0 aromatic heterocycles. The van der Waals surface area contributed by atoms with Crippen LogP contribution in [0.3, 0.4) is 0 Å². The Bertz CT molecular complexity index is 348. The Morgan fingerprint density at radius 3 is 2.67 bits per heavy atom. The molecular weight excluding hydrogens is 244 g/mol. The number of hydrogen-bond donors (Lipinski definition) is 1. The zero-order chi connectivity index (χ0) is 13.4. The summed E-state index contributed by atoms with van der Waals surface area (Å²) in [5.74, 6) is 2.35. The van der Waals surface area contributed by atoms with Crippen molar-refractivity contribution in [2.45, 2.75) is 38.5 Å². The molecule has 0 fully saturated rings. The van der Waals surface area contributed by atoms with Crippen LogP contribution in [-0.2, 0) is 0 Å². The molecule has 2 nitrogen and oxygen atoms in total. The number of aliphatic hydroxyl groups excluding tert-OH is 1. The highest BCUT2D eigenvalue weighted by molar-refractivity contribution is 7.99. The molecule has 0 spiro atoms. The van der Waals surface area contributed by atoms with Gasteiger partial charge in [-0.3, -0.25) is 0 Å². The Kier molecular flexibility index (Phi) is 7.21. The van der Waals surface area contributed by atoms with Crippen LogP contribution in [0.1, 0.15) is 32.3 Å². The van der Waals surface area contributed by atoms with Gasteiger partial charge in [0.15, 0.2) is 0 Å². The molecule has 1 rings (SSSR count). The highest BCUT2D eigenvalue weighted by Crippen LogP contribution is 2.27. The molecule has 18 heavy (non-hydrogen) atoms. The molecular formula is C15H24O2S. The number of aliphatic hydroxyl groups is 1. The third kappa shape index (κ3) is 4.91. The van der Waals surface area contributed by atoms with E-state index >= 15 is 0 Å². The van der Waals surface area contributed by atoms with Gasteiger partial charge in [-0.1, -0.05) is 20.3 Å². The molecule has 0 saturated carbocycles. The van der Waals surface area contributed by atoms with Crippen molar-refractivity contribution >= 4 is 11.8 Å². The summed E-state index contributed by atoms with van der Waals surface area (Å²) in [6, 6.07) is 6.32. The predicted octanol–water partition coefficient (Wildman–Crippen LogP) is 3.89. The second-order valence-corrected chi connectivity index (χ2v) is 5.64. The van der Waals surface area contributed by atoms with Gasteiger partial charge < -0.3 is 9.84 Å². The molecule has 0 heterocycles. The predicted molar refractivity (Wildman–Crippen MR) is 78.6 cm³/mol. The van der Waals surface area contributed by atoms with Gasteiger partial charge in [0, 0.05) is 17.3 Å². The van der Waals surface area contributed by atoms with E-state index in [1.54, 1.807) is 0 Å². The Morgan fingerprint density at radius 2 is 2.11 bits per heavy atom. The van der Waals surface area contributed by atoms with Gasteiger partial charge in [0.25, 0.3) is 0 Å². The first-order valence-corrected chi connectivity index (χ1v) is 7.66. The Labute approximate surface area is 115 Å². The molecule has 0 aliphatic rings. The van der Waals surface area contributed by atoms with Gasteiger partial charge in [0.05, 0.1) is 6.61 Å². The molecule has 0 unspecified atom stereocenters. The van der Waals surface area contributed by atoms with E-state index in [1.807, 2.05) is 17.8 Å². The number of hydrogen-bond acceptors (Lipinski definition) is 3. The van der Waals surface area contributed by atoms with E-state index in [4.69, 9.17) is 9.84 Å². The summed E-state index contributed by atoms with van der Waals surface area (Å²) in [6.45, 7) is 7.36. The fraction of sp³-hybridized carbons (Fsp3) is 0.600. The van der Waals surface area contributed by atoms with Crippen molar-refractivity contribution in [1.82, 2.24) is 0 Å². The Morgan fingerprint density at radius 1 is 1.33 bits per heavy atom. The standard InChI is InChI=1S/C15H24O2S/c1-4-8-17-15-7-6-14(9-12(15)3)18-11-13(5-2)10-16/h6-7,9,13,16H,4-5,8,10-11H2,1-3H3/t13-/m1/s1. The monoisotopic (exact) mass is 268 g/mol. The number of aryl methyl sites for hydroxylation is 1. The average molecular weight is 268 g/mol. The minimum atomic E-state index is 0.278. The van der Waals surface area contributed by atoms with Gasteiger partial charge in [-0.15, -0.1) is 11.8 Å². The molecule has 102 valence electrons. The highest BCUT2D eigenvalue weighted by atomic mass is 32.2. The zero-order valence-electron chi connectivity index (χ0n) is 11.6. The maximum absolute atomic E-state index is 9.17. The summed E-state index contributed by atoms with van der Waals surface area (Å²) >= 11 is 1.81. The Balaban J connectivity index is 2.55. The molecule has 0 aliphatic heterocycles. The van der Waals surface area contributed by atoms with Gasteiger partial charge in [-0.25, -0.2) is 0 Å². The summed E-state index contributed by atoms with van der Waals surface area (Å²) in [5, 5.41) is 9.17. The van der Waals surface area contributed by atoms with Crippen LogP contribution in [0.5, 0.6) is 5.75 Å². The quantitative estimate of drug-likeness (QED) is 0.725. The van der Waals surface area contributed by atoms with Crippen LogP contribution < -0.4 is 4.74 Å². The minimum Gasteiger partial charge on any atom is -0.493 e. The summed E-state index contributed by atoms with van der Waals surface area (Å²) < 4.78 is 5.66. The average Bonchev–Trinajstić information content (AvgIpc) is 2.39. The van der Waals surface area contributed by atoms with Crippen LogP contribution >= 0.6 is 11.8 Å². The third-order valence-electron chi connectivity index (χ3n) is 2.93. The van der Waals surface area contributed by atoms with Gasteiger partial charge in [0.1, 0.15) is 5.75 Å². The highest BCUT2D eigenvalue weighted by Gasteiger charge is 2.07. The molecule has 3 heteroatoms. The van der Waals surface area contributed by atoms with E-state index in [1.165, 1.54) is 10.5 Å². The number of ether oxygens (including phenoxy) is 1. The second kappa shape index (κ2) is 8.44. The summed E-state index contributed by atoms with van der Waals surface area (Å²) in [7, 11) is 0. The minimum absolute atomic E-state index is 0.278. The topological polar surface area (TPSA) is 29.5 Å². The Hall–Kier alpha value is -0.670. The maximum Gasteiger partial charge on any atom is 0.122 e. The van der Waals surface area contributed by atoms with E-state index in [0.29, 0.717) is 5.92 Å². The van der Waals surface area contributed by atoms with Gasteiger partial charge in [-0.2, -0.15) is 0 Å². The van der Waals surface area contributed by atoms with Crippen LogP contribution in [0.25, 0.3) is 0 Å². The van der Waals surface area contributed by atoms with Crippen LogP contribution in [0, 0.1) is 12.8 Å². The van der Waals surface area contributed by atoms with Crippen LogP contribution in [0.4, 0.5) is 0 Å². The molecule has 1 N–H and O–H groups in total. The van der Waals surface area contributed by atoms with Crippen LogP contribution in [0.15, 0.2) is 23.1 Å². The van der Waals surface area contributed by atoms with Gasteiger partial charge in [-0.05, 0) is 43.0 Å². The van der Waals surface area contributed by atoms with Crippen molar-refractivity contribution in [2.75, 3.05) is 19.0 Å². The first-order valence-electron chi connectivity index (χ1n) is 6.68. The SMILES string of the molecule is CCCOc1ccc(SC[C@H](CC)CO)cc1C. The van der Waals surface area contributed by atoms with Crippen molar-refractivity contribution in [3.8, 4) is 5.75 Å². The van der Waals surface area contributed by atoms with E-state index in [0.717, 1.165) is 31.0 Å². The first-order chi connectivity index (χ1) is 8.71. The van der Waals surface area contributed by atoms with Gasteiger partial charge in [0.2, 0.25) is 0 Å².